The van der Waals surface area contributed by atoms with Crippen molar-refractivity contribution in [3.05, 3.63) is 29.3 Å². The topological polar surface area (TPSA) is 61.8 Å². The van der Waals surface area contributed by atoms with E-state index in [1.54, 1.807) is 4.90 Å². The van der Waals surface area contributed by atoms with Crippen LogP contribution in [0.25, 0.3) is 0 Å². The van der Waals surface area contributed by atoms with E-state index in [2.05, 4.69) is 17.2 Å². The number of aliphatic imine (C=N–C) groups is 1. The summed E-state index contributed by atoms with van der Waals surface area (Å²) in [6.07, 6.45) is 0.194. The van der Waals surface area contributed by atoms with Gasteiger partial charge in [-0.3, -0.25) is 14.5 Å². The van der Waals surface area contributed by atoms with Gasteiger partial charge in [0.15, 0.2) is 5.17 Å². The molecule has 124 valence electrons. The van der Waals surface area contributed by atoms with Crippen LogP contribution in [0.2, 0.25) is 0 Å². The summed E-state index contributed by atoms with van der Waals surface area (Å²) in [6.45, 7) is 9.02. The number of amides is 2. The number of rotatable bonds is 5. The van der Waals surface area contributed by atoms with Crippen LogP contribution in [0.15, 0.2) is 23.2 Å². The molecule has 1 aliphatic rings. The molecule has 1 aromatic rings. The maximum atomic E-state index is 12.4. The van der Waals surface area contributed by atoms with Gasteiger partial charge in [-0.05, 0) is 51.0 Å². The summed E-state index contributed by atoms with van der Waals surface area (Å²) in [5.74, 6) is -0.131. The van der Waals surface area contributed by atoms with Crippen LogP contribution in [0.1, 0.15) is 31.4 Å². The minimum atomic E-state index is -0.383. The Labute approximate surface area is 141 Å². The van der Waals surface area contributed by atoms with Crippen molar-refractivity contribution in [3.63, 3.8) is 0 Å². The average molecular weight is 333 g/mol. The van der Waals surface area contributed by atoms with Crippen LogP contribution < -0.4 is 5.32 Å². The minimum Gasteiger partial charge on any atom is -0.356 e. The number of carbonyl (C=O) groups is 2. The normalized spacial score (nSPS) is 19.5. The van der Waals surface area contributed by atoms with Gasteiger partial charge in [0, 0.05) is 19.5 Å². The Kier molecular flexibility index (Phi) is 5.82. The Balaban J connectivity index is 2.20. The first-order chi connectivity index (χ1) is 11.0. The second kappa shape index (κ2) is 7.64. The van der Waals surface area contributed by atoms with Gasteiger partial charge in [0.25, 0.3) is 0 Å². The molecular weight excluding hydrogens is 310 g/mol. The highest BCUT2D eigenvalue weighted by atomic mass is 32.2. The zero-order chi connectivity index (χ0) is 17.0. The lowest BCUT2D eigenvalue weighted by Gasteiger charge is -2.13. The number of aryl methyl sites for hydroxylation is 2. The third kappa shape index (κ3) is 4.13. The summed E-state index contributed by atoms with van der Waals surface area (Å²) in [6, 6.07) is 5.99. The van der Waals surface area contributed by atoms with Crippen molar-refractivity contribution in [2.24, 2.45) is 4.99 Å². The van der Waals surface area contributed by atoms with Gasteiger partial charge in [0.05, 0.1) is 5.69 Å². The molecule has 1 fully saturated rings. The van der Waals surface area contributed by atoms with Gasteiger partial charge in [-0.25, -0.2) is 4.99 Å². The van der Waals surface area contributed by atoms with Gasteiger partial charge < -0.3 is 5.32 Å². The Morgan fingerprint density at radius 2 is 2.04 bits per heavy atom. The number of benzene rings is 1. The third-order valence-corrected chi connectivity index (χ3v) is 4.97. The van der Waals surface area contributed by atoms with Crippen LogP contribution in [0.3, 0.4) is 0 Å². The lowest BCUT2D eigenvalue weighted by molar-refractivity contribution is -0.129. The molecule has 1 heterocycles. The molecule has 1 atom stereocenters. The molecule has 0 bridgehead atoms. The van der Waals surface area contributed by atoms with Gasteiger partial charge in [0.1, 0.15) is 5.25 Å². The molecule has 0 radical (unpaired) electrons. The van der Waals surface area contributed by atoms with E-state index in [1.165, 1.54) is 22.9 Å². The maximum absolute atomic E-state index is 12.4. The fraction of sp³-hybridized carbons (Fsp3) is 0.471. The van der Waals surface area contributed by atoms with E-state index in [9.17, 15) is 9.59 Å². The Hall–Kier alpha value is -1.82. The highest BCUT2D eigenvalue weighted by Crippen LogP contribution is 2.31. The molecule has 0 aromatic heterocycles. The molecule has 1 aromatic carbocycles. The van der Waals surface area contributed by atoms with Gasteiger partial charge in [-0.2, -0.15) is 0 Å². The highest BCUT2D eigenvalue weighted by Gasteiger charge is 2.38. The highest BCUT2D eigenvalue weighted by molar-refractivity contribution is 8.15. The van der Waals surface area contributed by atoms with Crippen molar-refractivity contribution < 1.29 is 9.59 Å². The lowest BCUT2D eigenvalue weighted by Crippen LogP contribution is -2.34. The van der Waals surface area contributed by atoms with Crippen LogP contribution in [0.4, 0.5) is 5.69 Å². The molecule has 0 aliphatic carbocycles. The summed E-state index contributed by atoms with van der Waals surface area (Å²) in [4.78, 5) is 30.5. The van der Waals surface area contributed by atoms with Crippen molar-refractivity contribution in [2.75, 3.05) is 13.1 Å². The SMILES string of the molecule is CCNC(=O)C[C@@H]1SC(=Nc2ccc(C)c(C)c2)N(CC)C1=O. The number of hydrogen-bond donors (Lipinski definition) is 1. The summed E-state index contributed by atoms with van der Waals surface area (Å²) < 4.78 is 0. The molecule has 23 heavy (non-hydrogen) atoms. The van der Waals surface area contributed by atoms with Crippen LogP contribution in [0, 0.1) is 13.8 Å². The number of carbonyl (C=O) groups excluding carboxylic acids is 2. The lowest BCUT2D eigenvalue weighted by atomic mass is 10.1. The van der Waals surface area contributed by atoms with Gasteiger partial charge in [0.2, 0.25) is 11.8 Å². The number of thioether (sulfide) groups is 1. The fourth-order valence-electron chi connectivity index (χ4n) is 2.36. The second-order valence-electron chi connectivity index (χ2n) is 5.51. The summed E-state index contributed by atoms with van der Waals surface area (Å²) in [5, 5.41) is 3.03. The van der Waals surface area contributed by atoms with Crippen LogP contribution in [-0.4, -0.2) is 40.2 Å². The monoisotopic (exact) mass is 333 g/mol. The number of nitrogens with one attached hydrogen (secondary N) is 1. The molecule has 0 spiro atoms. The molecule has 1 N–H and O–H groups in total. The quantitative estimate of drug-likeness (QED) is 0.901. The second-order valence-corrected chi connectivity index (χ2v) is 6.68. The van der Waals surface area contributed by atoms with E-state index < -0.39 is 0 Å². The van der Waals surface area contributed by atoms with Gasteiger partial charge in [-0.15, -0.1) is 0 Å². The van der Waals surface area contributed by atoms with Crippen molar-refractivity contribution >= 4 is 34.4 Å². The zero-order valence-corrected chi connectivity index (χ0v) is 14.9. The number of hydrogen-bond acceptors (Lipinski definition) is 4. The molecule has 2 amide bonds. The fourth-order valence-corrected chi connectivity index (χ4v) is 3.58. The Bertz CT molecular complexity index is 643. The molecule has 2 rings (SSSR count). The van der Waals surface area contributed by atoms with E-state index >= 15 is 0 Å². The van der Waals surface area contributed by atoms with Crippen LogP contribution in [0.5, 0.6) is 0 Å². The van der Waals surface area contributed by atoms with Gasteiger partial charge in [-0.1, -0.05) is 17.8 Å². The average Bonchev–Trinajstić information content (AvgIpc) is 2.78. The Morgan fingerprint density at radius 1 is 1.30 bits per heavy atom. The first-order valence-electron chi connectivity index (χ1n) is 7.87. The first kappa shape index (κ1) is 17.5. The third-order valence-electron chi connectivity index (χ3n) is 3.80. The predicted octanol–water partition coefficient (Wildman–Crippen LogP) is 2.78. The Morgan fingerprint density at radius 3 is 2.65 bits per heavy atom. The maximum Gasteiger partial charge on any atom is 0.242 e. The largest absolute Gasteiger partial charge is 0.356 e. The standard InChI is InChI=1S/C17H23N3O2S/c1-5-18-15(21)10-14-16(22)20(6-2)17(23-14)19-13-8-7-11(3)12(4)9-13/h7-9,14H,5-6,10H2,1-4H3,(H,18,21)/t14-/m0/s1. The molecule has 0 unspecified atom stereocenters. The van der Waals surface area contributed by atoms with Crippen molar-refractivity contribution in [2.45, 2.75) is 39.4 Å². The van der Waals surface area contributed by atoms with E-state index in [1.807, 2.05) is 39.0 Å². The zero-order valence-electron chi connectivity index (χ0n) is 14.0. The predicted molar refractivity (Wildman–Crippen MR) is 95.1 cm³/mol. The van der Waals surface area contributed by atoms with E-state index in [4.69, 9.17) is 0 Å². The first-order valence-corrected chi connectivity index (χ1v) is 8.74. The van der Waals surface area contributed by atoms with E-state index in [0.717, 1.165) is 5.69 Å². The summed E-state index contributed by atoms with van der Waals surface area (Å²) >= 11 is 1.38. The van der Waals surface area contributed by atoms with Crippen molar-refractivity contribution in [1.29, 1.82) is 0 Å². The summed E-state index contributed by atoms with van der Waals surface area (Å²) in [7, 11) is 0. The number of nitrogens with zero attached hydrogens (tertiary/aromatic N) is 2. The summed E-state index contributed by atoms with van der Waals surface area (Å²) in [5.41, 5.74) is 3.22. The van der Waals surface area contributed by atoms with Crippen molar-refractivity contribution in [1.82, 2.24) is 10.2 Å². The van der Waals surface area contributed by atoms with Crippen molar-refractivity contribution in [3.8, 4) is 0 Å². The molecular formula is C17H23N3O2S. The van der Waals surface area contributed by atoms with E-state index in [-0.39, 0.29) is 23.5 Å². The molecule has 5 nitrogen and oxygen atoms in total. The van der Waals surface area contributed by atoms with Crippen LogP contribution in [-0.2, 0) is 9.59 Å². The smallest absolute Gasteiger partial charge is 0.242 e. The minimum absolute atomic E-state index is 0.0358. The van der Waals surface area contributed by atoms with Gasteiger partial charge >= 0.3 is 0 Å². The van der Waals surface area contributed by atoms with E-state index in [0.29, 0.717) is 18.3 Å². The molecule has 1 aliphatic heterocycles. The van der Waals surface area contributed by atoms with Crippen LogP contribution >= 0.6 is 11.8 Å². The molecule has 6 heteroatoms. The molecule has 0 saturated carbocycles. The molecule has 1 saturated heterocycles. The number of amidine groups is 1.